The number of carbonyl (C=O) groups is 1. The maximum atomic E-state index is 12.3. The molecule has 3 N–H and O–H groups in total. The van der Waals surface area contributed by atoms with Gasteiger partial charge in [-0.2, -0.15) is 5.10 Å². The van der Waals surface area contributed by atoms with E-state index in [1.807, 2.05) is 0 Å². The number of benzene rings is 2. The molecular weight excluding hydrogens is 386 g/mol. The summed E-state index contributed by atoms with van der Waals surface area (Å²) in [6.07, 6.45) is 1.32. The van der Waals surface area contributed by atoms with Gasteiger partial charge in [0.15, 0.2) is 11.5 Å². The minimum atomic E-state index is -3.98. The summed E-state index contributed by atoms with van der Waals surface area (Å²) in [7, 11) is -0.985. The quantitative estimate of drug-likeness (QED) is 0.511. The Morgan fingerprint density at radius 2 is 1.93 bits per heavy atom. The van der Waals surface area contributed by atoms with Gasteiger partial charge < -0.3 is 14.6 Å². The number of rotatable bonds is 5. The molecule has 0 unspecified atom stereocenters. The molecule has 9 nitrogen and oxygen atoms in total. The third-order valence-corrected chi connectivity index (χ3v) is 5.35. The highest BCUT2D eigenvalue weighted by molar-refractivity contribution is 7.89. The SMILES string of the molecule is COc1ccc(/C=N/NC(=O)C2=C(O)c3ccccc3S(=O)(=O)N2)c(OC)c1. The number of aliphatic hydroxyl groups is 1. The summed E-state index contributed by atoms with van der Waals surface area (Å²) in [4.78, 5) is 12.2. The monoisotopic (exact) mass is 403 g/mol. The summed E-state index contributed by atoms with van der Waals surface area (Å²) in [6, 6.07) is 10.8. The Kier molecular flexibility index (Phi) is 5.23. The van der Waals surface area contributed by atoms with Gasteiger partial charge in [-0.25, -0.2) is 13.8 Å². The Labute approximate surface area is 161 Å². The average molecular weight is 403 g/mol. The normalized spacial score (nSPS) is 14.9. The molecule has 0 aromatic heterocycles. The zero-order chi connectivity index (χ0) is 20.3. The molecule has 1 aliphatic rings. The molecule has 0 aliphatic carbocycles. The average Bonchev–Trinajstić information content (AvgIpc) is 2.70. The summed E-state index contributed by atoms with van der Waals surface area (Å²) in [5.41, 5.74) is 2.25. The first-order valence-corrected chi connectivity index (χ1v) is 9.46. The van der Waals surface area contributed by atoms with Crippen molar-refractivity contribution in [1.29, 1.82) is 0 Å². The highest BCUT2D eigenvalue weighted by Gasteiger charge is 2.32. The van der Waals surface area contributed by atoms with Gasteiger partial charge in [0, 0.05) is 17.2 Å². The summed E-state index contributed by atoms with van der Waals surface area (Å²) in [5.74, 6) is -0.352. The molecule has 2 aromatic carbocycles. The fourth-order valence-electron chi connectivity index (χ4n) is 2.56. The molecule has 0 fully saturated rings. The highest BCUT2D eigenvalue weighted by Crippen LogP contribution is 2.28. The van der Waals surface area contributed by atoms with E-state index in [4.69, 9.17) is 9.47 Å². The van der Waals surface area contributed by atoms with Crippen LogP contribution >= 0.6 is 0 Å². The Morgan fingerprint density at radius 1 is 1.18 bits per heavy atom. The zero-order valence-electron chi connectivity index (χ0n) is 15.0. The lowest BCUT2D eigenvalue weighted by Crippen LogP contribution is -2.37. The number of amides is 1. The molecule has 10 heteroatoms. The molecule has 0 spiro atoms. The third-order valence-electron chi connectivity index (χ3n) is 3.94. The van der Waals surface area contributed by atoms with E-state index in [0.717, 1.165) is 0 Å². The minimum absolute atomic E-state index is 0.0344. The minimum Gasteiger partial charge on any atom is -0.505 e. The molecule has 0 saturated carbocycles. The van der Waals surface area contributed by atoms with Gasteiger partial charge in [-0.15, -0.1) is 0 Å². The lowest BCUT2D eigenvalue weighted by molar-refractivity contribution is -0.117. The standard InChI is InChI=1S/C18H17N3O6S/c1-26-12-8-7-11(14(9-12)27-2)10-19-20-18(23)16-17(22)13-5-3-4-6-15(13)28(24,25)21-16/h3-10,21-22H,1-2H3,(H,20,23)/b19-10+. The van der Waals surface area contributed by atoms with Gasteiger partial charge in [0.2, 0.25) is 0 Å². The van der Waals surface area contributed by atoms with Gasteiger partial charge in [-0.1, -0.05) is 12.1 Å². The molecule has 0 atom stereocenters. The number of hydrogen-bond donors (Lipinski definition) is 3. The fourth-order valence-corrected chi connectivity index (χ4v) is 3.84. The van der Waals surface area contributed by atoms with Crippen LogP contribution in [0, 0.1) is 0 Å². The van der Waals surface area contributed by atoms with Crippen molar-refractivity contribution in [3.63, 3.8) is 0 Å². The van der Waals surface area contributed by atoms with E-state index >= 15 is 0 Å². The number of fused-ring (bicyclic) bond motifs is 1. The van der Waals surface area contributed by atoms with Crippen molar-refractivity contribution in [3.8, 4) is 11.5 Å². The molecule has 1 heterocycles. The van der Waals surface area contributed by atoms with Crippen molar-refractivity contribution in [2.24, 2.45) is 5.10 Å². The number of aliphatic hydroxyl groups excluding tert-OH is 1. The van der Waals surface area contributed by atoms with Crippen LogP contribution in [-0.2, 0) is 14.8 Å². The molecule has 28 heavy (non-hydrogen) atoms. The summed E-state index contributed by atoms with van der Waals surface area (Å²) in [6.45, 7) is 0. The number of hydrazone groups is 1. The zero-order valence-corrected chi connectivity index (χ0v) is 15.8. The Balaban J connectivity index is 1.83. The number of nitrogens with one attached hydrogen (secondary N) is 2. The first-order chi connectivity index (χ1) is 13.4. The molecule has 0 radical (unpaired) electrons. The van der Waals surface area contributed by atoms with Crippen LogP contribution in [-0.4, -0.2) is 39.9 Å². The van der Waals surface area contributed by atoms with Crippen molar-refractivity contribution in [2.45, 2.75) is 4.90 Å². The molecular formula is C18H17N3O6S. The van der Waals surface area contributed by atoms with Crippen LogP contribution in [0.4, 0.5) is 0 Å². The van der Waals surface area contributed by atoms with Crippen LogP contribution in [0.3, 0.4) is 0 Å². The second-order valence-electron chi connectivity index (χ2n) is 5.63. The van der Waals surface area contributed by atoms with Crippen LogP contribution in [0.25, 0.3) is 5.76 Å². The maximum Gasteiger partial charge on any atom is 0.292 e. The van der Waals surface area contributed by atoms with E-state index in [9.17, 15) is 18.3 Å². The maximum absolute atomic E-state index is 12.3. The molecule has 0 saturated heterocycles. The number of nitrogens with zero attached hydrogens (tertiary/aromatic N) is 1. The molecule has 146 valence electrons. The summed E-state index contributed by atoms with van der Waals surface area (Å²) in [5, 5.41) is 14.1. The van der Waals surface area contributed by atoms with Gasteiger partial charge in [0.25, 0.3) is 15.9 Å². The second kappa shape index (κ2) is 7.61. The van der Waals surface area contributed by atoms with Crippen molar-refractivity contribution in [1.82, 2.24) is 10.1 Å². The van der Waals surface area contributed by atoms with Crippen molar-refractivity contribution in [2.75, 3.05) is 14.2 Å². The summed E-state index contributed by atoms with van der Waals surface area (Å²) < 4.78 is 36.9. The van der Waals surface area contributed by atoms with E-state index in [1.54, 1.807) is 24.3 Å². The number of ether oxygens (including phenoxy) is 2. The molecule has 1 amide bonds. The molecule has 3 rings (SSSR count). The van der Waals surface area contributed by atoms with Crippen molar-refractivity contribution in [3.05, 3.63) is 59.3 Å². The van der Waals surface area contributed by atoms with Crippen LogP contribution in [0.15, 0.2) is 58.2 Å². The van der Waals surface area contributed by atoms with Gasteiger partial charge in [-0.3, -0.25) is 9.52 Å². The third kappa shape index (κ3) is 3.62. The second-order valence-corrected chi connectivity index (χ2v) is 7.28. The highest BCUT2D eigenvalue weighted by atomic mass is 32.2. The van der Waals surface area contributed by atoms with E-state index in [0.29, 0.717) is 17.1 Å². The largest absolute Gasteiger partial charge is 0.505 e. The molecule has 2 aromatic rings. The van der Waals surface area contributed by atoms with E-state index in [-0.39, 0.29) is 10.5 Å². The van der Waals surface area contributed by atoms with Gasteiger partial charge >= 0.3 is 0 Å². The van der Waals surface area contributed by atoms with Crippen molar-refractivity contribution >= 4 is 27.9 Å². The molecule has 0 bridgehead atoms. The van der Waals surface area contributed by atoms with Gasteiger partial charge in [0.05, 0.1) is 25.3 Å². The predicted octanol–water partition coefficient (Wildman–Crippen LogP) is 1.37. The van der Waals surface area contributed by atoms with E-state index in [1.165, 1.54) is 38.6 Å². The van der Waals surface area contributed by atoms with Crippen LogP contribution < -0.4 is 19.6 Å². The van der Waals surface area contributed by atoms with Crippen LogP contribution in [0.5, 0.6) is 11.5 Å². The van der Waals surface area contributed by atoms with Crippen LogP contribution in [0.2, 0.25) is 0 Å². The number of methoxy groups -OCH3 is 2. The lowest BCUT2D eigenvalue weighted by Gasteiger charge is -2.20. The van der Waals surface area contributed by atoms with E-state index in [2.05, 4.69) is 15.2 Å². The molecule has 1 aliphatic heterocycles. The first kappa shape index (κ1) is 19.2. The number of hydrogen-bond acceptors (Lipinski definition) is 7. The Morgan fingerprint density at radius 3 is 2.64 bits per heavy atom. The van der Waals surface area contributed by atoms with Gasteiger partial charge in [0.1, 0.15) is 11.5 Å². The lowest BCUT2D eigenvalue weighted by atomic mass is 10.1. The smallest absolute Gasteiger partial charge is 0.292 e. The summed E-state index contributed by atoms with van der Waals surface area (Å²) >= 11 is 0. The first-order valence-electron chi connectivity index (χ1n) is 7.98. The van der Waals surface area contributed by atoms with Crippen molar-refractivity contribution < 1.29 is 27.8 Å². The number of sulfonamides is 1. The fraction of sp³-hybridized carbons (Fsp3) is 0.111. The van der Waals surface area contributed by atoms with Crippen LogP contribution in [0.1, 0.15) is 11.1 Å². The number of carbonyl (C=O) groups excluding carboxylic acids is 1. The Bertz CT molecular complexity index is 1090. The topological polar surface area (TPSA) is 126 Å². The van der Waals surface area contributed by atoms with E-state index < -0.39 is 27.4 Å². The Hall–Kier alpha value is -3.53. The van der Waals surface area contributed by atoms with Gasteiger partial charge in [-0.05, 0) is 24.3 Å². The predicted molar refractivity (Wildman–Crippen MR) is 102 cm³/mol.